The molecule has 26 heavy (non-hydrogen) atoms. The van der Waals surface area contributed by atoms with Crippen molar-refractivity contribution >= 4 is 35.1 Å². The van der Waals surface area contributed by atoms with E-state index in [1.807, 2.05) is 0 Å². The van der Waals surface area contributed by atoms with Gasteiger partial charge in [0.1, 0.15) is 0 Å². The Labute approximate surface area is 164 Å². The van der Waals surface area contributed by atoms with Gasteiger partial charge in [0.15, 0.2) is 6.07 Å². The molecule has 0 aromatic heterocycles. The minimum Gasteiger partial charge on any atom is -0.433 e. The highest BCUT2D eigenvalue weighted by Crippen LogP contribution is 2.37. The van der Waals surface area contributed by atoms with Gasteiger partial charge in [-0.25, -0.2) is 4.79 Å². The molecular formula is C20H23ClN2O2S. The summed E-state index contributed by atoms with van der Waals surface area (Å²) in [5, 5.41) is 0. The average Bonchev–Trinajstić information content (AvgIpc) is 2.65. The molecular weight excluding hydrogens is 368 g/mol. The number of aryl methyl sites for hydroxylation is 2. The molecule has 1 fully saturated rings. The van der Waals surface area contributed by atoms with Gasteiger partial charge in [-0.1, -0.05) is 53.2 Å². The number of hydrogen-bond acceptors (Lipinski definition) is 4. The van der Waals surface area contributed by atoms with Crippen LogP contribution in [0.5, 0.6) is 0 Å². The van der Waals surface area contributed by atoms with Gasteiger partial charge in [0.05, 0.1) is 5.69 Å². The molecule has 6 heteroatoms. The highest BCUT2D eigenvalue weighted by Gasteiger charge is 2.23. The smallest absolute Gasteiger partial charge is 0.411 e. The predicted octanol–water partition coefficient (Wildman–Crippen LogP) is 4.91. The van der Waals surface area contributed by atoms with E-state index in [-0.39, 0.29) is 12.2 Å². The van der Waals surface area contributed by atoms with Crippen LogP contribution in [0.4, 0.5) is 10.5 Å². The van der Waals surface area contributed by atoms with E-state index in [1.165, 1.54) is 26.6 Å². The van der Waals surface area contributed by atoms with Crippen molar-refractivity contribution in [2.45, 2.75) is 23.6 Å². The molecule has 0 aliphatic carbocycles. The molecule has 1 heterocycles. The molecule has 1 amide bonds. The average molecular weight is 391 g/mol. The molecule has 2 aromatic rings. The standard InChI is InChI=1S/C20H23ClN2O2S/c1-15-7-8-18(16(2)13-15)26-19-6-4-3-5-17(19)22-9-11-23(12-10-22)20(24)25-14-21/h3-8,13H,9-12,14H2,1-2H3. The molecule has 2 aromatic carbocycles. The molecule has 4 nitrogen and oxygen atoms in total. The highest BCUT2D eigenvalue weighted by molar-refractivity contribution is 7.99. The lowest BCUT2D eigenvalue weighted by molar-refractivity contribution is 0.115. The van der Waals surface area contributed by atoms with Gasteiger partial charge in [-0.2, -0.15) is 0 Å². The number of carbonyl (C=O) groups excluding carboxylic acids is 1. The normalized spacial score (nSPS) is 14.4. The maximum atomic E-state index is 11.8. The fourth-order valence-electron chi connectivity index (χ4n) is 3.10. The summed E-state index contributed by atoms with van der Waals surface area (Å²) in [4.78, 5) is 18.4. The second-order valence-electron chi connectivity index (χ2n) is 6.33. The molecule has 138 valence electrons. The van der Waals surface area contributed by atoms with E-state index >= 15 is 0 Å². The van der Waals surface area contributed by atoms with Crippen LogP contribution in [0.3, 0.4) is 0 Å². The Hall–Kier alpha value is -1.85. The van der Waals surface area contributed by atoms with E-state index < -0.39 is 0 Å². The van der Waals surface area contributed by atoms with Crippen molar-refractivity contribution < 1.29 is 9.53 Å². The summed E-state index contributed by atoms with van der Waals surface area (Å²) in [6.45, 7) is 7.10. The lowest BCUT2D eigenvalue weighted by atomic mass is 10.2. The molecule has 0 unspecified atom stereocenters. The van der Waals surface area contributed by atoms with Crippen molar-refractivity contribution in [2.24, 2.45) is 0 Å². The third kappa shape index (κ3) is 4.46. The highest BCUT2D eigenvalue weighted by atomic mass is 35.5. The van der Waals surface area contributed by atoms with Gasteiger partial charge in [-0.15, -0.1) is 0 Å². The van der Waals surface area contributed by atoms with Crippen LogP contribution in [-0.2, 0) is 4.74 Å². The van der Waals surface area contributed by atoms with Gasteiger partial charge < -0.3 is 14.5 Å². The summed E-state index contributed by atoms with van der Waals surface area (Å²) < 4.78 is 4.88. The second-order valence-corrected chi connectivity index (χ2v) is 7.63. The lowest BCUT2D eigenvalue weighted by Gasteiger charge is -2.36. The number of amides is 1. The fourth-order valence-corrected chi connectivity index (χ4v) is 4.24. The summed E-state index contributed by atoms with van der Waals surface area (Å²) in [7, 11) is 0. The first-order valence-corrected chi connectivity index (χ1v) is 10.0. The number of alkyl halides is 1. The second kappa shape index (κ2) is 8.69. The maximum Gasteiger partial charge on any atom is 0.411 e. The van der Waals surface area contributed by atoms with E-state index in [0.29, 0.717) is 13.1 Å². The van der Waals surface area contributed by atoms with Crippen molar-refractivity contribution in [1.82, 2.24) is 4.90 Å². The van der Waals surface area contributed by atoms with Crippen LogP contribution in [0.2, 0.25) is 0 Å². The zero-order valence-corrected chi connectivity index (χ0v) is 16.6. The maximum absolute atomic E-state index is 11.8. The zero-order chi connectivity index (χ0) is 18.5. The summed E-state index contributed by atoms with van der Waals surface area (Å²) in [5.74, 6) is 0. The first-order chi connectivity index (χ1) is 12.6. The molecule has 1 aliphatic rings. The van der Waals surface area contributed by atoms with Crippen molar-refractivity contribution in [3.05, 3.63) is 53.6 Å². The van der Waals surface area contributed by atoms with E-state index in [0.717, 1.165) is 13.1 Å². The lowest BCUT2D eigenvalue weighted by Crippen LogP contribution is -2.49. The van der Waals surface area contributed by atoms with E-state index in [9.17, 15) is 4.79 Å². The molecule has 0 N–H and O–H groups in total. The first kappa shape index (κ1) is 18.9. The monoisotopic (exact) mass is 390 g/mol. The third-order valence-electron chi connectivity index (χ3n) is 4.47. The Kier molecular flexibility index (Phi) is 6.33. The van der Waals surface area contributed by atoms with Crippen molar-refractivity contribution in [3.8, 4) is 0 Å². The summed E-state index contributed by atoms with van der Waals surface area (Å²) in [5.41, 5.74) is 3.78. The number of para-hydroxylation sites is 1. The van der Waals surface area contributed by atoms with Gasteiger partial charge in [0, 0.05) is 36.0 Å². The van der Waals surface area contributed by atoms with Crippen LogP contribution >= 0.6 is 23.4 Å². The Bertz CT molecular complexity index is 776. The number of nitrogens with zero attached hydrogens (tertiary/aromatic N) is 2. The molecule has 0 saturated carbocycles. The van der Waals surface area contributed by atoms with Crippen LogP contribution in [0, 0.1) is 13.8 Å². The van der Waals surface area contributed by atoms with Crippen LogP contribution in [0.25, 0.3) is 0 Å². The molecule has 0 spiro atoms. The number of carbonyl (C=O) groups is 1. The van der Waals surface area contributed by atoms with Gasteiger partial charge in [-0.05, 0) is 37.6 Å². The molecule has 0 atom stereocenters. The number of rotatable bonds is 4. The summed E-state index contributed by atoms with van der Waals surface area (Å²) in [6, 6.07) is 14.9. The van der Waals surface area contributed by atoms with Crippen molar-refractivity contribution in [2.75, 3.05) is 37.1 Å². The van der Waals surface area contributed by atoms with Gasteiger partial charge in [-0.3, -0.25) is 0 Å². The van der Waals surface area contributed by atoms with Gasteiger partial charge >= 0.3 is 6.09 Å². The van der Waals surface area contributed by atoms with Crippen LogP contribution in [0.15, 0.2) is 52.3 Å². The van der Waals surface area contributed by atoms with Crippen molar-refractivity contribution in [1.29, 1.82) is 0 Å². The van der Waals surface area contributed by atoms with Crippen LogP contribution < -0.4 is 4.90 Å². The Morgan fingerprint density at radius 2 is 1.81 bits per heavy atom. The van der Waals surface area contributed by atoms with Crippen molar-refractivity contribution in [3.63, 3.8) is 0 Å². The quantitative estimate of drug-likeness (QED) is 0.694. The number of ether oxygens (including phenoxy) is 1. The number of halogens is 1. The SMILES string of the molecule is Cc1ccc(Sc2ccccc2N2CCN(C(=O)OCCl)CC2)c(C)c1. The van der Waals surface area contributed by atoms with Crippen LogP contribution in [-0.4, -0.2) is 43.2 Å². The minimum atomic E-state index is -0.336. The number of hydrogen-bond donors (Lipinski definition) is 0. The largest absolute Gasteiger partial charge is 0.433 e. The van der Waals surface area contributed by atoms with Gasteiger partial charge in [0.25, 0.3) is 0 Å². The van der Waals surface area contributed by atoms with Gasteiger partial charge in [0.2, 0.25) is 0 Å². The topological polar surface area (TPSA) is 32.8 Å². The zero-order valence-electron chi connectivity index (χ0n) is 15.1. The Morgan fingerprint density at radius 1 is 1.08 bits per heavy atom. The first-order valence-electron chi connectivity index (χ1n) is 8.65. The Balaban J connectivity index is 1.73. The minimum absolute atomic E-state index is 0.103. The molecule has 0 bridgehead atoms. The molecule has 1 saturated heterocycles. The molecule has 3 rings (SSSR count). The number of piperazine rings is 1. The Morgan fingerprint density at radius 3 is 2.50 bits per heavy atom. The van der Waals surface area contributed by atoms with Crippen LogP contribution in [0.1, 0.15) is 11.1 Å². The summed E-state index contributed by atoms with van der Waals surface area (Å²) in [6.07, 6.45) is -0.336. The fraction of sp³-hybridized carbons (Fsp3) is 0.350. The van der Waals surface area contributed by atoms with E-state index in [1.54, 1.807) is 16.7 Å². The number of anilines is 1. The van der Waals surface area contributed by atoms with E-state index in [2.05, 4.69) is 61.2 Å². The molecule has 0 radical (unpaired) electrons. The number of benzene rings is 2. The summed E-state index contributed by atoms with van der Waals surface area (Å²) >= 11 is 7.27. The molecule has 1 aliphatic heterocycles. The van der Waals surface area contributed by atoms with E-state index in [4.69, 9.17) is 16.3 Å². The predicted molar refractivity (Wildman–Crippen MR) is 107 cm³/mol. The third-order valence-corrected chi connectivity index (χ3v) is 5.82.